The molecule has 94 valence electrons. The van der Waals surface area contributed by atoms with Crippen LogP contribution in [0.15, 0.2) is 18.2 Å². The van der Waals surface area contributed by atoms with E-state index in [1.165, 1.54) is 12.1 Å². The van der Waals surface area contributed by atoms with E-state index in [2.05, 4.69) is 5.32 Å². The van der Waals surface area contributed by atoms with E-state index in [0.29, 0.717) is 5.56 Å². The molecule has 2 N–H and O–H groups in total. The zero-order valence-electron chi connectivity index (χ0n) is 10.0. The molecule has 0 saturated carbocycles. The highest BCUT2D eigenvalue weighted by atomic mass is 19.1. The lowest BCUT2D eigenvalue weighted by atomic mass is 9.98. The van der Waals surface area contributed by atoms with E-state index in [-0.39, 0.29) is 12.1 Å². The number of rotatable bonds is 2. The van der Waals surface area contributed by atoms with Crippen LogP contribution in [0.2, 0.25) is 0 Å². The molecule has 1 aliphatic rings. The molecule has 17 heavy (non-hydrogen) atoms. The van der Waals surface area contributed by atoms with Crippen LogP contribution < -0.4 is 5.32 Å². The van der Waals surface area contributed by atoms with Crippen molar-refractivity contribution in [3.8, 4) is 0 Å². The van der Waals surface area contributed by atoms with E-state index in [4.69, 9.17) is 0 Å². The van der Waals surface area contributed by atoms with Gasteiger partial charge in [0.15, 0.2) is 0 Å². The normalized spacial score (nSPS) is 25.2. The summed E-state index contributed by atoms with van der Waals surface area (Å²) in [6.07, 6.45) is 1.57. The fourth-order valence-corrected chi connectivity index (χ4v) is 2.34. The van der Waals surface area contributed by atoms with E-state index >= 15 is 0 Å². The summed E-state index contributed by atoms with van der Waals surface area (Å²) in [7, 11) is 0. The topological polar surface area (TPSA) is 32.3 Å². The second-order valence-electron chi connectivity index (χ2n) is 5.21. The Balaban J connectivity index is 2.15. The van der Waals surface area contributed by atoms with Gasteiger partial charge in [-0.2, -0.15) is 0 Å². The first-order chi connectivity index (χ1) is 7.86. The second-order valence-corrected chi connectivity index (χ2v) is 5.21. The van der Waals surface area contributed by atoms with Gasteiger partial charge in [0.25, 0.3) is 0 Å². The first kappa shape index (κ1) is 12.5. The predicted octanol–water partition coefficient (Wildman–Crippen LogP) is 2.53. The van der Waals surface area contributed by atoms with E-state index in [0.717, 1.165) is 18.9 Å². The lowest BCUT2D eigenvalue weighted by Gasteiger charge is -2.26. The van der Waals surface area contributed by atoms with Gasteiger partial charge < -0.3 is 10.4 Å². The molecule has 0 spiro atoms. The monoisotopic (exact) mass is 241 g/mol. The van der Waals surface area contributed by atoms with Crippen LogP contribution in [-0.2, 0) is 0 Å². The predicted molar refractivity (Wildman–Crippen MR) is 61.6 cm³/mol. The lowest BCUT2D eigenvalue weighted by Crippen LogP contribution is -2.43. The number of benzene rings is 1. The molecular weight excluding hydrogens is 224 g/mol. The molecule has 1 aromatic rings. The quantitative estimate of drug-likeness (QED) is 0.834. The van der Waals surface area contributed by atoms with Crippen molar-refractivity contribution in [2.24, 2.45) is 0 Å². The van der Waals surface area contributed by atoms with Gasteiger partial charge in [-0.1, -0.05) is 0 Å². The van der Waals surface area contributed by atoms with Crippen molar-refractivity contribution >= 4 is 0 Å². The number of hydrogen-bond donors (Lipinski definition) is 2. The van der Waals surface area contributed by atoms with Crippen LogP contribution in [0.5, 0.6) is 0 Å². The molecule has 1 heterocycles. The first-order valence-corrected chi connectivity index (χ1v) is 5.80. The third-order valence-corrected chi connectivity index (χ3v) is 3.29. The summed E-state index contributed by atoms with van der Waals surface area (Å²) >= 11 is 0. The molecule has 1 saturated heterocycles. The Labute approximate surface area is 99.7 Å². The SMILES string of the molecule is CC(C)(O)C1CC[C@@H](c2cc(F)cc(F)c2)N1. The molecule has 2 nitrogen and oxygen atoms in total. The molecule has 1 aliphatic heterocycles. The maximum atomic E-state index is 13.1. The van der Waals surface area contributed by atoms with Crippen molar-refractivity contribution in [1.82, 2.24) is 5.32 Å². The third kappa shape index (κ3) is 2.82. The van der Waals surface area contributed by atoms with Gasteiger partial charge in [-0.15, -0.1) is 0 Å². The fourth-order valence-electron chi connectivity index (χ4n) is 2.34. The van der Waals surface area contributed by atoms with Crippen LogP contribution in [0.25, 0.3) is 0 Å². The van der Waals surface area contributed by atoms with Crippen molar-refractivity contribution in [2.75, 3.05) is 0 Å². The van der Waals surface area contributed by atoms with Crippen LogP contribution in [0.3, 0.4) is 0 Å². The van der Waals surface area contributed by atoms with E-state index in [1.807, 2.05) is 0 Å². The maximum absolute atomic E-state index is 13.1. The van der Waals surface area contributed by atoms with Crippen molar-refractivity contribution in [3.63, 3.8) is 0 Å². The zero-order valence-corrected chi connectivity index (χ0v) is 10.0. The van der Waals surface area contributed by atoms with Crippen molar-refractivity contribution in [1.29, 1.82) is 0 Å². The molecular formula is C13H17F2NO. The summed E-state index contributed by atoms with van der Waals surface area (Å²) in [6.45, 7) is 3.47. The average molecular weight is 241 g/mol. The van der Waals surface area contributed by atoms with Crippen molar-refractivity contribution < 1.29 is 13.9 Å². The molecule has 0 radical (unpaired) electrons. The van der Waals surface area contributed by atoms with E-state index in [1.54, 1.807) is 13.8 Å². The second kappa shape index (κ2) is 4.35. The number of halogens is 2. The van der Waals surface area contributed by atoms with Gasteiger partial charge in [0.2, 0.25) is 0 Å². The van der Waals surface area contributed by atoms with Gasteiger partial charge >= 0.3 is 0 Å². The maximum Gasteiger partial charge on any atom is 0.126 e. The Kier molecular flexibility index (Phi) is 3.19. The summed E-state index contributed by atoms with van der Waals surface area (Å²) in [5.41, 5.74) is -0.213. The molecule has 1 aromatic carbocycles. The number of aliphatic hydroxyl groups is 1. The van der Waals surface area contributed by atoms with Crippen molar-refractivity contribution in [3.05, 3.63) is 35.4 Å². The third-order valence-electron chi connectivity index (χ3n) is 3.29. The Hall–Kier alpha value is -1.00. The Morgan fingerprint density at radius 3 is 2.24 bits per heavy atom. The van der Waals surface area contributed by atoms with Crippen LogP contribution in [-0.4, -0.2) is 16.7 Å². The van der Waals surface area contributed by atoms with Gasteiger partial charge in [0.1, 0.15) is 11.6 Å². The molecule has 2 atom stereocenters. The molecule has 0 bridgehead atoms. The summed E-state index contributed by atoms with van der Waals surface area (Å²) < 4.78 is 26.2. The van der Waals surface area contributed by atoms with Gasteiger partial charge in [-0.25, -0.2) is 8.78 Å². The van der Waals surface area contributed by atoms with Gasteiger partial charge in [-0.05, 0) is 44.4 Å². The average Bonchev–Trinajstić information content (AvgIpc) is 2.63. The Morgan fingerprint density at radius 2 is 1.76 bits per heavy atom. The standard InChI is InChI=1S/C13H17F2NO/c1-13(2,17)12-4-3-11(16-12)8-5-9(14)7-10(15)6-8/h5-7,11-12,16-17H,3-4H2,1-2H3/t11-,12?/m0/s1. The Morgan fingerprint density at radius 1 is 1.18 bits per heavy atom. The molecule has 0 aliphatic carbocycles. The smallest absolute Gasteiger partial charge is 0.126 e. The van der Waals surface area contributed by atoms with Gasteiger partial charge in [-0.3, -0.25) is 0 Å². The van der Waals surface area contributed by atoms with Crippen molar-refractivity contribution in [2.45, 2.75) is 44.4 Å². The number of hydrogen-bond acceptors (Lipinski definition) is 2. The highest BCUT2D eigenvalue weighted by molar-refractivity contribution is 5.23. The summed E-state index contributed by atoms with van der Waals surface area (Å²) in [6, 6.07) is 3.42. The summed E-state index contributed by atoms with van der Waals surface area (Å²) in [5, 5.41) is 13.1. The van der Waals surface area contributed by atoms with Crippen LogP contribution >= 0.6 is 0 Å². The fraction of sp³-hybridized carbons (Fsp3) is 0.538. The van der Waals surface area contributed by atoms with Crippen LogP contribution in [0.1, 0.15) is 38.3 Å². The van der Waals surface area contributed by atoms with E-state index in [9.17, 15) is 13.9 Å². The zero-order chi connectivity index (χ0) is 12.6. The number of nitrogens with one attached hydrogen (secondary N) is 1. The van der Waals surface area contributed by atoms with E-state index < -0.39 is 17.2 Å². The lowest BCUT2D eigenvalue weighted by molar-refractivity contribution is 0.0432. The molecule has 4 heteroatoms. The Bertz CT molecular complexity index is 394. The largest absolute Gasteiger partial charge is 0.389 e. The molecule has 1 fully saturated rings. The van der Waals surface area contributed by atoms with Crippen LogP contribution in [0, 0.1) is 11.6 Å². The first-order valence-electron chi connectivity index (χ1n) is 5.80. The van der Waals surface area contributed by atoms with Gasteiger partial charge in [0, 0.05) is 18.2 Å². The van der Waals surface area contributed by atoms with Crippen LogP contribution in [0.4, 0.5) is 8.78 Å². The summed E-state index contributed by atoms with van der Waals surface area (Å²) in [5.74, 6) is -1.12. The summed E-state index contributed by atoms with van der Waals surface area (Å²) in [4.78, 5) is 0. The minimum Gasteiger partial charge on any atom is -0.389 e. The molecule has 0 amide bonds. The molecule has 1 unspecified atom stereocenters. The minimum absolute atomic E-state index is 0.0428. The molecule has 0 aromatic heterocycles. The van der Waals surface area contributed by atoms with Gasteiger partial charge in [0.05, 0.1) is 5.60 Å². The molecule has 2 rings (SSSR count). The highest BCUT2D eigenvalue weighted by Crippen LogP contribution is 2.31. The highest BCUT2D eigenvalue weighted by Gasteiger charge is 2.34. The minimum atomic E-state index is -0.819.